The molecule has 0 bridgehead atoms. The summed E-state index contributed by atoms with van der Waals surface area (Å²) < 4.78 is 52.1. The monoisotopic (exact) mass is 240 g/mol. The van der Waals surface area contributed by atoms with Gasteiger partial charge in [-0.15, -0.1) is 11.8 Å². The minimum absolute atomic E-state index is 0.0705. The van der Waals surface area contributed by atoms with Gasteiger partial charge in [0.2, 0.25) is 0 Å². The third kappa shape index (κ3) is 6.40. The molecule has 0 atom stereocenters. The van der Waals surface area contributed by atoms with Gasteiger partial charge in [-0.2, -0.15) is 8.78 Å². The second-order valence-electron chi connectivity index (χ2n) is 3.02. The Bertz CT molecular complexity index is 278. The lowest BCUT2D eigenvalue weighted by molar-refractivity contribution is -0.168. The Morgan fingerprint density at radius 1 is 1.44 bits per heavy atom. The standard InChI is InChI=1S/C10H12F4O2/c1-2-3-4-5-8(15)6-16-7-10(13,14)9(11)12/h9H,4-7H2,1H3. The Kier molecular flexibility index (Phi) is 6.74. The summed E-state index contributed by atoms with van der Waals surface area (Å²) in [6.07, 6.45) is -3.40. The largest absolute Gasteiger partial charge is 0.367 e. The fourth-order valence-electron chi connectivity index (χ4n) is 0.763. The highest BCUT2D eigenvalue weighted by Gasteiger charge is 2.41. The molecule has 0 amide bonds. The number of ether oxygens (including phenoxy) is 1. The van der Waals surface area contributed by atoms with Gasteiger partial charge in [-0.25, -0.2) is 8.78 Å². The Morgan fingerprint density at radius 2 is 2.06 bits per heavy atom. The van der Waals surface area contributed by atoms with E-state index in [1.165, 1.54) is 0 Å². The van der Waals surface area contributed by atoms with E-state index >= 15 is 0 Å². The third-order valence-electron chi connectivity index (χ3n) is 1.58. The van der Waals surface area contributed by atoms with Crippen LogP contribution in [0, 0.1) is 11.8 Å². The van der Waals surface area contributed by atoms with Crippen LogP contribution in [0.2, 0.25) is 0 Å². The van der Waals surface area contributed by atoms with E-state index in [4.69, 9.17) is 0 Å². The van der Waals surface area contributed by atoms with Crippen LogP contribution in [-0.2, 0) is 9.53 Å². The lowest BCUT2D eigenvalue weighted by Gasteiger charge is -2.14. The van der Waals surface area contributed by atoms with Crippen LogP contribution in [-0.4, -0.2) is 31.3 Å². The van der Waals surface area contributed by atoms with Crippen molar-refractivity contribution in [1.82, 2.24) is 0 Å². The molecule has 0 N–H and O–H groups in total. The third-order valence-corrected chi connectivity index (χ3v) is 1.58. The van der Waals surface area contributed by atoms with Crippen LogP contribution in [0.3, 0.4) is 0 Å². The average molecular weight is 240 g/mol. The molecule has 0 aromatic heterocycles. The number of halogens is 4. The molecule has 0 saturated carbocycles. The van der Waals surface area contributed by atoms with E-state index in [0.29, 0.717) is 6.42 Å². The van der Waals surface area contributed by atoms with Crippen molar-refractivity contribution in [3.05, 3.63) is 0 Å². The highest BCUT2D eigenvalue weighted by atomic mass is 19.3. The second kappa shape index (κ2) is 7.23. The van der Waals surface area contributed by atoms with Crippen LogP contribution in [0.1, 0.15) is 19.8 Å². The van der Waals surface area contributed by atoms with Gasteiger partial charge in [0.25, 0.3) is 0 Å². The van der Waals surface area contributed by atoms with Gasteiger partial charge >= 0.3 is 12.3 Å². The van der Waals surface area contributed by atoms with Gasteiger partial charge in [-0.3, -0.25) is 4.79 Å². The summed E-state index contributed by atoms with van der Waals surface area (Å²) in [7, 11) is 0. The fourth-order valence-corrected chi connectivity index (χ4v) is 0.763. The van der Waals surface area contributed by atoms with Gasteiger partial charge < -0.3 is 4.74 Å². The number of rotatable bonds is 7. The Morgan fingerprint density at radius 3 is 2.56 bits per heavy atom. The van der Waals surface area contributed by atoms with E-state index in [1.807, 2.05) is 0 Å². The van der Waals surface area contributed by atoms with Crippen molar-refractivity contribution in [2.75, 3.05) is 13.2 Å². The molecule has 0 aliphatic rings. The van der Waals surface area contributed by atoms with Crippen molar-refractivity contribution in [3.63, 3.8) is 0 Å². The van der Waals surface area contributed by atoms with Gasteiger partial charge in [0.1, 0.15) is 13.2 Å². The molecule has 6 heteroatoms. The summed E-state index contributed by atoms with van der Waals surface area (Å²) in [4.78, 5) is 10.9. The van der Waals surface area contributed by atoms with Gasteiger partial charge in [-0.1, -0.05) is 0 Å². The first kappa shape index (κ1) is 14.9. The lowest BCUT2D eigenvalue weighted by Crippen LogP contribution is -2.33. The van der Waals surface area contributed by atoms with Crippen molar-refractivity contribution in [2.24, 2.45) is 0 Å². The van der Waals surface area contributed by atoms with Crippen molar-refractivity contribution in [1.29, 1.82) is 0 Å². The SMILES string of the molecule is CC#CCCC(=O)COCC(F)(F)C(F)F. The Hall–Kier alpha value is -1.09. The summed E-state index contributed by atoms with van der Waals surface area (Å²) in [5.74, 6) is 0.524. The van der Waals surface area contributed by atoms with E-state index in [-0.39, 0.29) is 6.42 Å². The van der Waals surface area contributed by atoms with Crippen LogP contribution >= 0.6 is 0 Å². The Labute approximate surface area is 91.0 Å². The molecule has 0 unspecified atom stereocenters. The maximum atomic E-state index is 12.3. The molecule has 0 heterocycles. The highest BCUT2D eigenvalue weighted by molar-refractivity contribution is 5.79. The van der Waals surface area contributed by atoms with Crippen molar-refractivity contribution in [2.45, 2.75) is 32.1 Å². The first-order chi connectivity index (χ1) is 7.40. The Balaban J connectivity index is 3.72. The van der Waals surface area contributed by atoms with Crippen LogP contribution in [0.4, 0.5) is 17.6 Å². The molecule has 2 nitrogen and oxygen atoms in total. The van der Waals surface area contributed by atoms with Crippen LogP contribution in [0.5, 0.6) is 0 Å². The molecule has 0 aliphatic heterocycles. The maximum absolute atomic E-state index is 12.3. The van der Waals surface area contributed by atoms with Gasteiger partial charge in [0, 0.05) is 12.8 Å². The van der Waals surface area contributed by atoms with Gasteiger partial charge in [-0.05, 0) is 6.92 Å². The van der Waals surface area contributed by atoms with Crippen molar-refractivity contribution >= 4 is 5.78 Å². The van der Waals surface area contributed by atoms with Gasteiger partial charge in [0.05, 0.1) is 0 Å². The van der Waals surface area contributed by atoms with Crippen LogP contribution < -0.4 is 0 Å². The first-order valence-corrected chi connectivity index (χ1v) is 4.55. The van der Waals surface area contributed by atoms with E-state index < -0.39 is 31.3 Å². The predicted octanol–water partition coefficient (Wildman–Crippen LogP) is 2.28. The minimum atomic E-state index is -4.20. The number of hydrogen-bond acceptors (Lipinski definition) is 2. The molecule has 0 rings (SSSR count). The highest BCUT2D eigenvalue weighted by Crippen LogP contribution is 2.22. The predicted molar refractivity (Wildman–Crippen MR) is 49.5 cm³/mol. The summed E-state index contributed by atoms with van der Waals surface area (Å²) in [5, 5.41) is 0. The first-order valence-electron chi connectivity index (χ1n) is 4.55. The number of carbonyl (C=O) groups is 1. The molecule has 0 radical (unpaired) electrons. The number of carbonyl (C=O) groups excluding carboxylic acids is 1. The second-order valence-corrected chi connectivity index (χ2v) is 3.02. The number of ketones is 1. The molecular weight excluding hydrogens is 228 g/mol. The number of Topliss-reactive ketones (excluding diaryl/α,β-unsaturated/α-hetero) is 1. The summed E-state index contributed by atoms with van der Waals surface area (Å²) in [6, 6.07) is 0. The van der Waals surface area contributed by atoms with E-state index in [2.05, 4.69) is 16.6 Å². The van der Waals surface area contributed by atoms with Crippen molar-refractivity contribution in [3.8, 4) is 11.8 Å². The number of hydrogen-bond donors (Lipinski definition) is 0. The zero-order valence-corrected chi connectivity index (χ0v) is 8.73. The maximum Gasteiger partial charge on any atom is 0.330 e. The molecule has 0 aliphatic carbocycles. The van der Waals surface area contributed by atoms with Crippen LogP contribution in [0.25, 0.3) is 0 Å². The van der Waals surface area contributed by atoms with E-state index in [9.17, 15) is 22.4 Å². The molecule has 16 heavy (non-hydrogen) atoms. The molecule has 92 valence electrons. The normalized spacial score (nSPS) is 11.1. The fraction of sp³-hybridized carbons (Fsp3) is 0.700. The molecule has 0 saturated heterocycles. The zero-order valence-electron chi connectivity index (χ0n) is 8.73. The lowest BCUT2D eigenvalue weighted by atomic mass is 10.2. The summed E-state index contributed by atoms with van der Waals surface area (Å²) in [5.41, 5.74) is 0. The topological polar surface area (TPSA) is 26.3 Å². The average Bonchev–Trinajstić information content (AvgIpc) is 2.17. The molecule has 0 spiro atoms. The van der Waals surface area contributed by atoms with E-state index in [1.54, 1.807) is 6.92 Å². The van der Waals surface area contributed by atoms with E-state index in [0.717, 1.165) is 0 Å². The molecule has 0 aromatic carbocycles. The number of alkyl halides is 4. The molecule has 0 aromatic rings. The van der Waals surface area contributed by atoms with Crippen LogP contribution in [0.15, 0.2) is 0 Å². The summed E-state index contributed by atoms with van der Waals surface area (Å²) >= 11 is 0. The zero-order chi connectivity index (χ0) is 12.6. The smallest absolute Gasteiger partial charge is 0.330 e. The quantitative estimate of drug-likeness (QED) is 0.504. The molecular formula is C10H12F4O2. The summed E-state index contributed by atoms with van der Waals surface area (Å²) in [6.45, 7) is -0.437. The van der Waals surface area contributed by atoms with Gasteiger partial charge in [0.15, 0.2) is 5.78 Å². The minimum Gasteiger partial charge on any atom is -0.367 e. The molecule has 0 fully saturated rings. The van der Waals surface area contributed by atoms with Crippen molar-refractivity contribution < 1.29 is 27.1 Å².